The molecule has 1 aromatic heterocycles. The topological polar surface area (TPSA) is 47.0 Å². The van der Waals surface area contributed by atoms with Crippen molar-refractivity contribution in [1.82, 2.24) is 9.55 Å². The van der Waals surface area contributed by atoms with Gasteiger partial charge in [0.1, 0.15) is 19.6 Å². The Balaban J connectivity index is 2.46. The molecule has 2 atom stereocenters. The normalized spacial score (nSPS) is 24.2. The fourth-order valence-electron chi connectivity index (χ4n) is 1.65. The zero-order valence-electron chi connectivity index (χ0n) is 8.47. The lowest BCUT2D eigenvalue weighted by Gasteiger charge is -2.15. The van der Waals surface area contributed by atoms with Gasteiger partial charge in [0, 0.05) is 12.2 Å². The third-order valence-electron chi connectivity index (χ3n) is 2.46. The molecule has 6 heteroatoms. The third kappa shape index (κ3) is 1.97. The van der Waals surface area contributed by atoms with Crippen LogP contribution in [0, 0.1) is 17.1 Å². The number of H-pyrrole nitrogens is 1. The summed E-state index contributed by atoms with van der Waals surface area (Å²) in [6.07, 6.45) is 8.02. The van der Waals surface area contributed by atoms with E-state index in [-0.39, 0.29) is 23.4 Å². The van der Waals surface area contributed by atoms with E-state index < -0.39 is 0 Å². The molecule has 2 radical (unpaired) electrons. The zero-order chi connectivity index (χ0) is 11.7. The zero-order valence-corrected chi connectivity index (χ0v) is 9.29. The first-order chi connectivity index (χ1) is 7.61. The molecule has 0 saturated carbocycles. The van der Waals surface area contributed by atoms with Crippen molar-refractivity contribution < 1.29 is 4.74 Å². The van der Waals surface area contributed by atoms with E-state index in [1.54, 1.807) is 4.57 Å². The summed E-state index contributed by atoms with van der Waals surface area (Å²) in [5, 5.41) is 0. The van der Waals surface area contributed by atoms with Gasteiger partial charge in [-0.05, 0) is 25.1 Å². The Morgan fingerprint density at radius 1 is 1.69 bits per heavy atom. The molecule has 2 rings (SSSR count). The first-order valence-electron chi connectivity index (χ1n) is 4.85. The molecule has 1 aliphatic rings. The summed E-state index contributed by atoms with van der Waals surface area (Å²) in [7, 11) is 5.63. The average molecular weight is 232 g/mol. The predicted octanol–water partition coefficient (Wildman–Crippen LogP) is 0.691. The minimum Gasteiger partial charge on any atom is -0.365 e. The fraction of sp³-hybridized carbons (Fsp3) is 0.400. The van der Waals surface area contributed by atoms with E-state index >= 15 is 0 Å². The number of ether oxygens (including phenoxy) is 1. The second-order valence-corrected chi connectivity index (χ2v) is 3.95. The van der Waals surface area contributed by atoms with E-state index in [9.17, 15) is 4.79 Å². The Labute approximate surface area is 99.0 Å². The van der Waals surface area contributed by atoms with Gasteiger partial charge < -0.3 is 4.74 Å². The molecule has 0 aliphatic carbocycles. The molecule has 1 N–H and O–H groups in total. The van der Waals surface area contributed by atoms with Crippen LogP contribution in [0.4, 0.5) is 0 Å². The van der Waals surface area contributed by atoms with Crippen LogP contribution >= 0.6 is 12.2 Å². The van der Waals surface area contributed by atoms with E-state index in [0.717, 1.165) is 12.8 Å². The maximum atomic E-state index is 11.4. The highest BCUT2D eigenvalue weighted by atomic mass is 32.1. The summed E-state index contributed by atoms with van der Waals surface area (Å²) in [6, 6.07) is -0.284. The fourth-order valence-corrected chi connectivity index (χ4v) is 1.91. The van der Waals surface area contributed by atoms with Gasteiger partial charge in [-0.1, -0.05) is 5.92 Å². The van der Waals surface area contributed by atoms with Crippen LogP contribution in [0.1, 0.15) is 24.6 Å². The number of hydrogen-bond acceptors (Lipinski definition) is 3. The Morgan fingerprint density at radius 2 is 2.44 bits per heavy atom. The van der Waals surface area contributed by atoms with Gasteiger partial charge in [-0.15, -0.1) is 6.42 Å². The Kier molecular flexibility index (Phi) is 2.99. The SMILES string of the molecule is [B][C@@H]1CCC(n2cc(C#C)c(=O)[nH]c2=S)O1. The van der Waals surface area contributed by atoms with Crippen molar-refractivity contribution in [3.05, 3.63) is 26.9 Å². The molecule has 1 saturated heterocycles. The quantitative estimate of drug-likeness (QED) is 0.440. The molecule has 1 unspecified atom stereocenters. The smallest absolute Gasteiger partial charge is 0.267 e. The molecular weight excluding hydrogens is 223 g/mol. The highest BCUT2D eigenvalue weighted by Crippen LogP contribution is 2.26. The molecule has 2 heterocycles. The minimum atomic E-state index is -0.356. The molecule has 80 valence electrons. The van der Waals surface area contributed by atoms with Gasteiger partial charge in [0.05, 0.1) is 0 Å². The Bertz CT molecular complexity index is 557. The monoisotopic (exact) mass is 232 g/mol. The summed E-state index contributed by atoms with van der Waals surface area (Å²) in [4.78, 5) is 13.9. The molecule has 1 fully saturated rings. The summed E-state index contributed by atoms with van der Waals surface area (Å²) in [5.74, 6) is 2.30. The van der Waals surface area contributed by atoms with Crippen molar-refractivity contribution in [3.8, 4) is 12.3 Å². The van der Waals surface area contributed by atoms with Crippen molar-refractivity contribution in [1.29, 1.82) is 0 Å². The van der Waals surface area contributed by atoms with Crippen molar-refractivity contribution >= 4 is 20.1 Å². The van der Waals surface area contributed by atoms with E-state index in [4.69, 9.17) is 31.2 Å². The number of hydrogen-bond donors (Lipinski definition) is 1. The first kappa shape index (κ1) is 11.2. The lowest BCUT2D eigenvalue weighted by molar-refractivity contribution is 0.0353. The van der Waals surface area contributed by atoms with Crippen LogP contribution in [-0.2, 0) is 4.74 Å². The van der Waals surface area contributed by atoms with Gasteiger partial charge in [0.25, 0.3) is 5.56 Å². The summed E-state index contributed by atoms with van der Waals surface area (Å²) in [5.41, 5.74) is -0.122. The van der Waals surface area contributed by atoms with Gasteiger partial charge in [-0.25, -0.2) is 0 Å². The predicted molar refractivity (Wildman–Crippen MR) is 62.7 cm³/mol. The van der Waals surface area contributed by atoms with Crippen LogP contribution in [0.3, 0.4) is 0 Å². The van der Waals surface area contributed by atoms with Crippen LogP contribution in [0.2, 0.25) is 0 Å². The van der Waals surface area contributed by atoms with E-state index in [1.165, 1.54) is 6.20 Å². The third-order valence-corrected chi connectivity index (χ3v) is 2.78. The van der Waals surface area contributed by atoms with Crippen LogP contribution < -0.4 is 5.56 Å². The van der Waals surface area contributed by atoms with Crippen molar-refractivity contribution in [2.24, 2.45) is 0 Å². The average Bonchev–Trinajstić information content (AvgIpc) is 2.65. The summed E-state index contributed by atoms with van der Waals surface area (Å²) < 4.78 is 7.38. The Morgan fingerprint density at radius 3 is 3.00 bits per heavy atom. The van der Waals surface area contributed by atoms with E-state index in [2.05, 4.69) is 10.9 Å². The van der Waals surface area contributed by atoms with Gasteiger partial charge in [0.15, 0.2) is 4.77 Å². The molecule has 4 nitrogen and oxygen atoms in total. The van der Waals surface area contributed by atoms with Crippen molar-refractivity contribution in [3.63, 3.8) is 0 Å². The second kappa shape index (κ2) is 4.28. The number of nitrogens with one attached hydrogen (secondary N) is 1. The van der Waals surface area contributed by atoms with E-state index in [0.29, 0.717) is 4.77 Å². The Hall–Kier alpha value is -1.32. The maximum Gasteiger partial charge on any atom is 0.267 e. The van der Waals surface area contributed by atoms with Crippen LogP contribution in [-0.4, -0.2) is 23.4 Å². The number of aromatic amines is 1. The first-order valence-corrected chi connectivity index (χ1v) is 5.26. The largest absolute Gasteiger partial charge is 0.365 e. The van der Waals surface area contributed by atoms with E-state index in [1.807, 2.05) is 0 Å². The second-order valence-electron chi connectivity index (χ2n) is 3.56. The lowest BCUT2D eigenvalue weighted by Crippen LogP contribution is -2.20. The molecule has 0 aromatic carbocycles. The summed E-state index contributed by atoms with van der Waals surface area (Å²) >= 11 is 5.04. The molecule has 16 heavy (non-hydrogen) atoms. The minimum absolute atomic E-state index is 0.234. The van der Waals surface area contributed by atoms with Gasteiger partial charge in [-0.3, -0.25) is 14.3 Å². The highest BCUT2D eigenvalue weighted by molar-refractivity contribution is 7.71. The van der Waals surface area contributed by atoms with Gasteiger partial charge >= 0.3 is 0 Å². The lowest BCUT2D eigenvalue weighted by atomic mass is 9.98. The maximum absolute atomic E-state index is 11.4. The van der Waals surface area contributed by atoms with Crippen molar-refractivity contribution in [2.75, 3.05) is 0 Å². The molecule has 1 aromatic rings. The van der Waals surface area contributed by atoms with Crippen LogP contribution in [0.15, 0.2) is 11.0 Å². The molecule has 0 amide bonds. The number of terminal acetylenes is 1. The van der Waals surface area contributed by atoms with Gasteiger partial charge in [0.2, 0.25) is 0 Å². The molecule has 0 bridgehead atoms. The summed E-state index contributed by atoms with van der Waals surface area (Å²) in [6.45, 7) is 0. The number of nitrogens with zero attached hydrogens (tertiary/aromatic N) is 1. The van der Waals surface area contributed by atoms with Gasteiger partial charge in [-0.2, -0.15) is 0 Å². The van der Waals surface area contributed by atoms with Crippen molar-refractivity contribution in [2.45, 2.75) is 25.1 Å². The number of aromatic nitrogens is 2. The number of rotatable bonds is 1. The standard InChI is InChI=1S/C10H9BN2O2S/c1-2-6-5-13(10(16)12-9(6)14)8-4-3-7(11)15-8/h1,5,7-8H,3-4H2,(H,12,14,16)/t7-,8?/m0/s1. The molecule has 0 spiro atoms. The highest BCUT2D eigenvalue weighted by Gasteiger charge is 2.23. The molecular formula is C10H9BN2O2S. The molecule has 1 aliphatic heterocycles. The van der Waals surface area contributed by atoms with Crippen LogP contribution in [0.5, 0.6) is 0 Å². The van der Waals surface area contributed by atoms with Crippen LogP contribution in [0.25, 0.3) is 0 Å².